The van der Waals surface area contributed by atoms with Gasteiger partial charge in [0.25, 0.3) is 0 Å². The Hall–Kier alpha value is -1.56. The van der Waals surface area contributed by atoms with Crippen molar-refractivity contribution in [1.29, 1.82) is 0 Å². The van der Waals surface area contributed by atoms with Crippen LogP contribution in [0.5, 0.6) is 0 Å². The van der Waals surface area contributed by atoms with Crippen molar-refractivity contribution in [1.82, 2.24) is 10.6 Å². The molecule has 0 saturated carbocycles. The summed E-state index contributed by atoms with van der Waals surface area (Å²) in [6.45, 7) is 6.38. The number of amides is 1. The van der Waals surface area contributed by atoms with Crippen LogP contribution in [0.15, 0.2) is 24.3 Å². The topological polar surface area (TPSA) is 41.1 Å². The van der Waals surface area contributed by atoms with Crippen LogP contribution in [-0.4, -0.2) is 18.0 Å². The van der Waals surface area contributed by atoms with E-state index in [0.717, 1.165) is 12.1 Å². The fourth-order valence-electron chi connectivity index (χ4n) is 1.77. The molecule has 0 fully saturated rings. The van der Waals surface area contributed by atoms with Gasteiger partial charge in [-0.05, 0) is 32.4 Å². The number of alkyl halides is 3. The molecule has 118 valence electrons. The molecule has 0 aliphatic carbocycles. The minimum atomic E-state index is -4.33. The molecular formula is C15H21F3N2O. The van der Waals surface area contributed by atoms with Gasteiger partial charge in [0.2, 0.25) is 5.91 Å². The number of carbonyl (C=O) groups is 1. The van der Waals surface area contributed by atoms with Crippen LogP contribution in [0, 0.1) is 0 Å². The molecule has 3 nitrogen and oxygen atoms in total. The van der Waals surface area contributed by atoms with E-state index >= 15 is 0 Å². The Morgan fingerprint density at radius 2 is 1.86 bits per heavy atom. The number of benzene rings is 1. The first-order chi connectivity index (χ1) is 9.58. The van der Waals surface area contributed by atoms with Gasteiger partial charge in [0.05, 0.1) is 5.56 Å². The maximum Gasteiger partial charge on any atom is 0.416 e. The second-order valence-electron chi connectivity index (χ2n) is 5.92. The second-order valence-corrected chi connectivity index (χ2v) is 5.92. The molecular weight excluding hydrogens is 281 g/mol. The maximum absolute atomic E-state index is 12.5. The summed E-state index contributed by atoms with van der Waals surface area (Å²) in [5.41, 5.74) is -0.397. The zero-order valence-corrected chi connectivity index (χ0v) is 12.5. The van der Waals surface area contributed by atoms with E-state index in [4.69, 9.17) is 0 Å². The SMILES string of the molecule is CC(C)(C)NC(=O)CCNCc1cccc(C(F)(F)F)c1. The Labute approximate surface area is 122 Å². The maximum atomic E-state index is 12.5. The van der Waals surface area contributed by atoms with Gasteiger partial charge in [0.1, 0.15) is 0 Å². The predicted octanol–water partition coefficient (Wildman–Crippen LogP) is 3.10. The van der Waals surface area contributed by atoms with Crippen LogP contribution >= 0.6 is 0 Å². The third-order valence-corrected chi connectivity index (χ3v) is 2.63. The van der Waals surface area contributed by atoms with Crippen LogP contribution in [0.1, 0.15) is 38.3 Å². The van der Waals surface area contributed by atoms with Gasteiger partial charge in [0.15, 0.2) is 0 Å². The Bertz CT molecular complexity index is 479. The quantitative estimate of drug-likeness (QED) is 0.821. The molecule has 2 N–H and O–H groups in total. The third-order valence-electron chi connectivity index (χ3n) is 2.63. The van der Waals surface area contributed by atoms with Crippen molar-refractivity contribution >= 4 is 5.91 Å². The molecule has 0 atom stereocenters. The number of nitrogens with one attached hydrogen (secondary N) is 2. The molecule has 0 aliphatic rings. The molecule has 0 spiro atoms. The van der Waals surface area contributed by atoms with Gasteiger partial charge in [-0.2, -0.15) is 13.2 Å². The normalized spacial score (nSPS) is 12.3. The van der Waals surface area contributed by atoms with E-state index in [1.807, 2.05) is 20.8 Å². The average Bonchev–Trinajstić information content (AvgIpc) is 2.32. The Morgan fingerprint density at radius 1 is 1.19 bits per heavy atom. The number of hydrogen-bond donors (Lipinski definition) is 2. The van der Waals surface area contributed by atoms with Crippen molar-refractivity contribution in [2.75, 3.05) is 6.54 Å². The van der Waals surface area contributed by atoms with Crippen LogP contribution in [0.4, 0.5) is 13.2 Å². The molecule has 1 aromatic carbocycles. The first-order valence-corrected chi connectivity index (χ1v) is 6.76. The molecule has 0 radical (unpaired) electrons. The summed E-state index contributed by atoms with van der Waals surface area (Å²) in [4.78, 5) is 11.6. The van der Waals surface area contributed by atoms with Crippen molar-refractivity contribution in [2.24, 2.45) is 0 Å². The Kier molecular flexibility index (Phi) is 5.78. The van der Waals surface area contributed by atoms with Crippen molar-refractivity contribution in [3.8, 4) is 0 Å². The molecule has 0 aliphatic heterocycles. The van der Waals surface area contributed by atoms with Gasteiger partial charge in [-0.15, -0.1) is 0 Å². The van der Waals surface area contributed by atoms with Gasteiger partial charge in [-0.3, -0.25) is 4.79 Å². The highest BCUT2D eigenvalue weighted by atomic mass is 19.4. The average molecular weight is 302 g/mol. The zero-order valence-electron chi connectivity index (χ0n) is 12.5. The van der Waals surface area contributed by atoms with Crippen LogP contribution in [0.2, 0.25) is 0 Å². The molecule has 0 bridgehead atoms. The third kappa shape index (κ3) is 7.13. The summed E-state index contributed by atoms with van der Waals surface area (Å²) >= 11 is 0. The molecule has 0 unspecified atom stereocenters. The second kappa shape index (κ2) is 6.93. The minimum Gasteiger partial charge on any atom is -0.351 e. The highest BCUT2D eigenvalue weighted by molar-refractivity contribution is 5.76. The molecule has 1 rings (SSSR count). The van der Waals surface area contributed by atoms with Crippen molar-refractivity contribution in [2.45, 2.75) is 45.5 Å². The van der Waals surface area contributed by atoms with Gasteiger partial charge in [-0.25, -0.2) is 0 Å². The summed E-state index contributed by atoms with van der Waals surface area (Å²) in [5.74, 6) is -0.0842. The van der Waals surface area contributed by atoms with E-state index in [0.29, 0.717) is 18.7 Å². The Morgan fingerprint density at radius 3 is 2.43 bits per heavy atom. The monoisotopic (exact) mass is 302 g/mol. The lowest BCUT2D eigenvalue weighted by Gasteiger charge is -2.20. The molecule has 21 heavy (non-hydrogen) atoms. The summed E-state index contributed by atoms with van der Waals surface area (Å²) in [5, 5.41) is 5.79. The molecule has 1 aromatic rings. The highest BCUT2D eigenvalue weighted by Gasteiger charge is 2.30. The first-order valence-electron chi connectivity index (χ1n) is 6.76. The number of halogens is 3. The van der Waals surface area contributed by atoms with E-state index in [1.165, 1.54) is 6.07 Å². The standard InChI is InChI=1S/C15H21F3N2O/c1-14(2,3)20-13(21)7-8-19-10-11-5-4-6-12(9-11)15(16,17)18/h4-6,9,19H,7-8,10H2,1-3H3,(H,20,21). The van der Waals surface area contributed by atoms with Gasteiger partial charge < -0.3 is 10.6 Å². The lowest BCUT2D eigenvalue weighted by atomic mass is 10.1. The summed E-state index contributed by atoms with van der Waals surface area (Å²) in [7, 11) is 0. The summed E-state index contributed by atoms with van der Waals surface area (Å²) < 4.78 is 37.6. The summed E-state index contributed by atoms with van der Waals surface area (Å²) in [6.07, 6.45) is -4.04. The lowest BCUT2D eigenvalue weighted by molar-refractivity contribution is -0.137. The summed E-state index contributed by atoms with van der Waals surface area (Å²) in [6, 6.07) is 5.16. The molecule has 0 heterocycles. The number of carbonyl (C=O) groups excluding carboxylic acids is 1. The van der Waals surface area contributed by atoms with Crippen LogP contribution in [0.25, 0.3) is 0 Å². The fraction of sp³-hybridized carbons (Fsp3) is 0.533. The van der Waals surface area contributed by atoms with Crippen molar-refractivity contribution < 1.29 is 18.0 Å². The fourth-order valence-corrected chi connectivity index (χ4v) is 1.77. The highest BCUT2D eigenvalue weighted by Crippen LogP contribution is 2.29. The minimum absolute atomic E-state index is 0.0842. The van der Waals surface area contributed by atoms with E-state index in [2.05, 4.69) is 10.6 Å². The first kappa shape index (κ1) is 17.5. The van der Waals surface area contributed by atoms with Crippen molar-refractivity contribution in [3.05, 3.63) is 35.4 Å². The van der Waals surface area contributed by atoms with E-state index in [1.54, 1.807) is 6.07 Å². The molecule has 0 saturated heterocycles. The lowest BCUT2D eigenvalue weighted by Crippen LogP contribution is -2.41. The van der Waals surface area contributed by atoms with Gasteiger partial charge in [-0.1, -0.05) is 18.2 Å². The predicted molar refractivity (Wildman–Crippen MR) is 75.7 cm³/mol. The molecule has 1 amide bonds. The molecule has 0 aromatic heterocycles. The van der Waals surface area contributed by atoms with Crippen molar-refractivity contribution in [3.63, 3.8) is 0 Å². The largest absolute Gasteiger partial charge is 0.416 e. The molecule has 6 heteroatoms. The van der Waals surface area contributed by atoms with Gasteiger partial charge in [0, 0.05) is 25.0 Å². The Balaban J connectivity index is 2.38. The number of hydrogen-bond acceptors (Lipinski definition) is 2. The van der Waals surface area contributed by atoms with E-state index in [-0.39, 0.29) is 17.9 Å². The van der Waals surface area contributed by atoms with E-state index in [9.17, 15) is 18.0 Å². The van der Waals surface area contributed by atoms with E-state index < -0.39 is 11.7 Å². The zero-order chi connectivity index (χ0) is 16.1. The van der Waals surface area contributed by atoms with Crippen LogP contribution in [0.3, 0.4) is 0 Å². The van der Waals surface area contributed by atoms with Crippen LogP contribution in [-0.2, 0) is 17.5 Å². The van der Waals surface area contributed by atoms with Gasteiger partial charge >= 0.3 is 6.18 Å². The smallest absolute Gasteiger partial charge is 0.351 e. The van der Waals surface area contributed by atoms with Crippen LogP contribution < -0.4 is 10.6 Å². The number of rotatable bonds is 5.